The molecule has 0 radical (unpaired) electrons. The Morgan fingerprint density at radius 1 is 1.23 bits per heavy atom. The SMILES string of the molecule is CC1CCC(C)N1C(C)C(=O)NCCN1C(=O)S/C(=C/c2ccc3c(c2)OCO3)C1=O. The van der Waals surface area contributed by atoms with Crippen LogP contribution in [-0.2, 0) is 9.59 Å². The smallest absolute Gasteiger partial charge is 0.293 e. The summed E-state index contributed by atoms with van der Waals surface area (Å²) in [7, 11) is 0. The van der Waals surface area contributed by atoms with Gasteiger partial charge in [-0.2, -0.15) is 0 Å². The predicted octanol–water partition coefficient (Wildman–Crippen LogP) is 2.83. The van der Waals surface area contributed by atoms with Gasteiger partial charge in [0.1, 0.15) is 0 Å². The van der Waals surface area contributed by atoms with E-state index in [2.05, 4.69) is 24.1 Å². The molecule has 0 aromatic heterocycles. The summed E-state index contributed by atoms with van der Waals surface area (Å²) in [5, 5.41) is 2.54. The van der Waals surface area contributed by atoms with E-state index in [9.17, 15) is 14.4 Å². The molecule has 31 heavy (non-hydrogen) atoms. The van der Waals surface area contributed by atoms with Gasteiger partial charge >= 0.3 is 0 Å². The van der Waals surface area contributed by atoms with Gasteiger partial charge in [-0.1, -0.05) is 6.07 Å². The van der Waals surface area contributed by atoms with E-state index in [1.54, 1.807) is 18.2 Å². The summed E-state index contributed by atoms with van der Waals surface area (Å²) < 4.78 is 10.6. The molecule has 3 aliphatic heterocycles. The molecule has 9 heteroatoms. The van der Waals surface area contributed by atoms with E-state index < -0.39 is 0 Å². The maximum Gasteiger partial charge on any atom is 0.293 e. The van der Waals surface area contributed by atoms with E-state index in [0.29, 0.717) is 28.5 Å². The van der Waals surface area contributed by atoms with Crippen LogP contribution < -0.4 is 14.8 Å². The third-order valence-electron chi connectivity index (χ3n) is 6.05. The number of benzene rings is 1. The van der Waals surface area contributed by atoms with E-state index in [0.717, 1.165) is 30.2 Å². The Morgan fingerprint density at radius 3 is 2.68 bits per heavy atom. The molecule has 166 valence electrons. The van der Waals surface area contributed by atoms with Gasteiger partial charge in [0.15, 0.2) is 11.5 Å². The number of ether oxygens (including phenoxy) is 2. The van der Waals surface area contributed by atoms with Gasteiger partial charge in [-0.05, 0) is 69.1 Å². The number of fused-ring (bicyclic) bond motifs is 1. The van der Waals surface area contributed by atoms with Gasteiger partial charge < -0.3 is 14.8 Å². The minimum atomic E-state index is -0.350. The van der Waals surface area contributed by atoms with Crippen LogP contribution in [-0.4, -0.2) is 64.9 Å². The number of imide groups is 1. The van der Waals surface area contributed by atoms with Crippen molar-refractivity contribution < 1.29 is 23.9 Å². The van der Waals surface area contributed by atoms with Crippen LogP contribution in [0.4, 0.5) is 4.79 Å². The molecule has 1 aromatic rings. The predicted molar refractivity (Wildman–Crippen MR) is 118 cm³/mol. The Hall–Kier alpha value is -2.52. The van der Waals surface area contributed by atoms with Crippen LogP contribution in [0, 0.1) is 0 Å². The number of nitrogens with one attached hydrogen (secondary N) is 1. The number of hydrogen-bond donors (Lipinski definition) is 1. The number of hydrogen-bond acceptors (Lipinski definition) is 7. The lowest BCUT2D eigenvalue weighted by molar-refractivity contribution is -0.127. The third kappa shape index (κ3) is 4.43. The van der Waals surface area contributed by atoms with Crippen molar-refractivity contribution in [3.63, 3.8) is 0 Å². The first-order chi connectivity index (χ1) is 14.8. The normalized spacial score (nSPS) is 25.5. The van der Waals surface area contributed by atoms with Crippen molar-refractivity contribution in [1.29, 1.82) is 0 Å². The molecule has 0 spiro atoms. The quantitative estimate of drug-likeness (QED) is 0.674. The average Bonchev–Trinajstić information content (AvgIpc) is 3.41. The highest BCUT2D eigenvalue weighted by Gasteiger charge is 2.36. The van der Waals surface area contributed by atoms with Crippen molar-refractivity contribution in [2.24, 2.45) is 0 Å². The van der Waals surface area contributed by atoms with E-state index in [-0.39, 0.29) is 43.0 Å². The summed E-state index contributed by atoms with van der Waals surface area (Å²) in [5.41, 5.74) is 0.755. The molecule has 3 amide bonds. The van der Waals surface area contributed by atoms with Crippen LogP contribution in [0.25, 0.3) is 6.08 Å². The monoisotopic (exact) mass is 445 g/mol. The maximum absolute atomic E-state index is 12.7. The molecule has 3 heterocycles. The van der Waals surface area contributed by atoms with Gasteiger partial charge in [0, 0.05) is 25.2 Å². The second-order valence-electron chi connectivity index (χ2n) is 8.14. The van der Waals surface area contributed by atoms with Crippen LogP contribution in [0.2, 0.25) is 0 Å². The lowest BCUT2D eigenvalue weighted by Gasteiger charge is -2.31. The van der Waals surface area contributed by atoms with Gasteiger partial charge in [0.25, 0.3) is 11.1 Å². The fraction of sp³-hybridized carbons (Fsp3) is 0.500. The maximum atomic E-state index is 12.7. The molecule has 1 N–H and O–H groups in total. The van der Waals surface area contributed by atoms with Crippen molar-refractivity contribution in [1.82, 2.24) is 15.1 Å². The molecular formula is C22H27N3O5S. The van der Waals surface area contributed by atoms with Gasteiger partial charge in [-0.15, -0.1) is 0 Å². The largest absolute Gasteiger partial charge is 0.454 e. The van der Waals surface area contributed by atoms with E-state index in [1.807, 2.05) is 13.0 Å². The minimum absolute atomic E-state index is 0.0801. The second kappa shape index (κ2) is 8.92. The molecule has 4 rings (SSSR count). The van der Waals surface area contributed by atoms with Crippen LogP contribution in [0.1, 0.15) is 39.2 Å². The lowest BCUT2D eigenvalue weighted by atomic mass is 10.2. The summed E-state index contributed by atoms with van der Waals surface area (Å²) in [6.45, 7) is 6.74. The Balaban J connectivity index is 1.33. The standard InChI is InChI=1S/C22H27N3O5S/c1-13-4-5-14(2)25(13)15(3)20(26)23-8-9-24-21(27)19(31-22(24)28)11-16-6-7-17-18(10-16)30-12-29-17/h6-7,10-11,13-15H,4-5,8-9,12H2,1-3H3,(H,23,26)/b19-11+. The first-order valence-electron chi connectivity index (χ1n) is 10.6. The van der Waals surface area contributed by atoms with E-state index in [4.69, 9.17) is 9.47 Å². The zero-order valence-corrected chi connectivity index (χ0v) is 18.7. The molecule has 0 bridgehead atoms. The van der Waals surface area contributed by atoms with Crippen molar-refractivity contribution in [2.75, 3.05) is 19.9 Å². The highest BCUT2D eigenvalue weighted by molar-refractivity contribution is 8.18. The summed E-state index contributed by atoms with van der Waals surface area (Å²) in [4.78, 5) is 41.4. The van der Waals surface area contributed by atoms with Crippen LogP contribution in [0.15, 0.2) is 23.1 Å². The fourth-order valence-corrected chi connectivity index (χ4v) is 5.26. The zero-order chi connectivity index (χ0) is 22.1. The van der Waals surface area contributed by atoms with E-state index >= 15 is 0 Å². The highest BCUT2D eigenvalue weighted by atomic mass is 32.2. The number of likely N-dealkylation sites (tertiary alicyclic amines) is 1. The number of thioether (sulfide) groups is 1. The lowest BCUT2D eigenvalue weighted by Crippen LogP contribution is -2.50. The van der Waals surface area contributed by atoms with Gasteiger partial charge in [-0.25, -0.2) is 0 Å². The molecule has 3 atom stereocenters. The number of nitrogens with zero attached hydrogens (tertiary/aromatic N) is 2. The number of amides is 3. The molecule has 0 saturated carbocycles. The highest BCUT2D eigenvalue weighted by Crippen LogP contribution is 2.36. The first-order valence-corrected chi connectivity index (χ1v) is 11.4. The number of rotatable bonds is 6. The molecule has 3 unspecified atom stereocenters. The molecular weight excluding hydrogens is 418 g/mol. The molecule has 1 aromatic carbocycles. The van der Waals surface area contributed by atoms with Crippen molar-refractivity contribution in [2.45, 2.75) is 51.7 Å². The molecule has 3 aliphatic rings. The summed E-state index contributed by atoms with van der Waals surface area (Å²) in [6.07, 6.45) is 3.85. The fourth-order valence-electron chi connectivity index (χ4n) is 4.40. The van der Waals surface area contributed by atoms with Crippen molar-refractivity contribution in [3.8, 4) is 11.5 Å². The van der Waals surface area contributed by atoms with E-state index in [1.165, 1.54) is 4.90 Å². The molecule has 2 saturated heterocycles. The minimum Gasteiger partial charge on any atom is -0.454 e. The van der Waals surface area contributed by atoms with Crippen molar-refractivity contribution >= 4 is 34.9 Å². The zero-order valence-electron chi connectivity index (χ0n) is 17.9. The Kier molecular flexibility index (Phi) is 6.24. The van der Waals surface area contributed by atoms with Gasteiger partial charge in [0.05, 0.1) is 10.9 Å². The summed E-state index contributed by atoms with van der Waals surface area (Å²) in [6, 6.07) is 5.86. The van der Waals surface area contributed by atoms with Crippen LogP contribution in [0.3, 0.4) is 0 Å². The Labute approximate surface area is 185 Å². The number of carbonyl (C=O) groups is 3. The van der Waals surface area contributed by atoms with Crippen LogP contribution in [0.5, 0.6) is 11.5 Å². The average molecular weight is 446 g/mol. The summed E-state index contributed by atoms with van der Waals surface area (Å²) in [5.74, 6) is 0.847. The topological polar surface area (TPSA) is 88.2 Å². The van der Waals surface area contributed by atoms with Crippen molar-refractivity contribution in [3.05, 3.63) is 28.7 Å². The number of carbonyl (C=O) groups excluding carboxylic acids is 3. The Morgan fingerprint density at radius 2 is 1.94 bits per heavy atom. The molecule has 2 fully saturated rings. The summed E-state index contributed by atoms with van der Waals surface area (Å²) >= 11 is 0.902. The second-order valence-corrected chi connectivity index (χ2v) is 9.13. The first kappa shape index (κ1) is 21.7. The van der Waals surface area contributed by atoms with Crippen LogP contribution >= 0.6 is 11.8 Å². The molecule has 0 aliphatic carbocycles. The van der Waals surface area contributed by atoms with Gasteiger partial charge in [0.2, 0.25) is 12.7 Å². The van der Waals surface area contributed by atoms with Gasteiger partial charge in [-0.3, -0.25) is 24.2 Å². The Bertz CT molecular complexity index is 924. The third-order valence-corrected chi connectivity index (χ3v) is 6.96. The molecule has 8 nitrogen and oxygen atoms in total.